The minimum absolute atomic E-state index is 0.289. The van der Waals surface area contributed by atoms with E-state index < -0.39 is 0 Å². The number of fused-ring (bicyclic) bond motifs is 1. The van der Waals surface area contributed by atoms with E-state index in [2.05, 4.69) is 37.1 Å². The van der Waals surface area contributed by atoms with E-state index in [9.17, 15) is 4.79 Å². The molecule has 0 saturated carbocycles. The van der Waals surface area contributed by atoms with E-state index in [1.165, 1.54) is 42.7 Å². The van der Waals surface area contributed by atoms with Gasteiger partial charge in [-0.2, -0.15) is 0 Å². The lowest BCUT2D eigenvalue weighted by atomic mass is 9.88. The van der Waals surface area contributed by atoms with Crippen molar-refractivity contribution >= 4 is 11.6 Å². The molecule has 1 aromatic rings. The molecule has 1 saturated heterocycles. The molecule has 0 radical (unpaired) electrons. The Bertz CT molecular complexity index is 518. The standard InChI is InChI=1S/C18H26N2O/c1-3-4-18(21)20-12-9-15-5-6-16(13-17(15)20)14-7-10-19(2)11-8-14/h5-6,13-14H,3-4,7-12H2,1-2H3. The maximum absolute atomic E-state index is 12.3. The second-order valence-corrected chi connectivity index (χ2v) is 6.51. The van der Waals surface area contributed by atoms with Crippen LogP contribution in [0.5, 0.6) is 0 Å². The van der Waals surface area contributed by atoms with Crippen molar-refractivity contribution in [3.8, 4) is 0 Å². The molecule has 0 N–H and O–H groups in total. The van der Waals surface area contributed by atoms with Crippen LogP contribution in [-0.4, -0.2) is 37.5 Å². The summed E-state index contributed by atoms with van der Waals surface area (Å²) in [6.07, 6.45) is 5.08. The highest BCUT2D eigenvalue weighted by Gasteiger charge is 2.26. The van der Waals surface area contributed by atoms with Gasteiger partial charge in [0.15, 0.2) is 0 Å². The van der Waals surface area contributed by atoms with Crippen LogP contribution >= 0.6 is 0 Å². The Balaban J connectivity index is 1.80. The van der Waals surface area contributed by atoms with Gasteiger partial charge < -0.3 is 9.80 Å². The van der Waals surface area contributed by atoms with Crippen LogP contribution in [-0.2, 0) is 11.2 Å². The topological polar surface area (TPSA) is 23.6 Å². The van der Waals surface area contributed by atoms with E-state index in [1.54, 1.807) is 0 Å². The number of hydrogen-bond donors (Lipinski definition) is 0. The third-order valence-electron chi connectivity index (χ3n) is 4.96. The summed E-state index contributed by atoms with van der Waals surface area (Å²) in [5, 5.41) is 0. The maximum atomic E-state index is 12.3. The number of piperidine rings is 1. The van der Waals surface area contributed by atoms with Crippen LogP contribution in [0.2, 0.25) is 0 Å². The predicted molar refractivity (Wildman–Crippen MR) is 86.9 cm³/mol. The molecule has 0 bridgehead atoms. The molecule has 1 aromatic carbocycles. The Morgan fingerprint density at radius 3 is 2.71 bits per heavy atom. The molecule has 0 aromatic heterocycles. The molecule has 2 heterocycles. The van der Waals surface area contributed by atoms with Gasteiger partial charge in [0.25, 0.3) is 0 Å². The number of hydrogen-bond acceptors (Lipinski definition) is 2. The molecular weight excluding hydrogens is 260 g/mol. The third kappa shape index (κ3) is 2.98. The number of rotatable bonds is 3. The Kier molecular flexibility index (Phi) is 4.29. The molecule has 1 fully saturated rings. The Morgan fingerprint density at radius 1 is 1.24 bits per heavy atom. The molecule has 1 amide bonds. The van der Waals surface area contributed by atoms with Crippen molar-refractivity contribution in [2.45, 2.75) is 44.9 Å². The van der Waals surface area contributed by atoms with Crippen molar-refractivity contribution in [2.75, 3.05) is 31.6 Å². The second-order valence-electron chi connectivity index (χ2n) is 6.51. The van der Waals surface area contributed by atoms with Gasteiger partial charge in [-0.3, -0.25) is 4.79 Å². The number of likely N-dealkylation sites (tertiary alicyclic amines) is 1. The normalized spacial score (nSPS) is 19.8. The van der Waals surface area contributed by atoms with Gasteiger partial charge in [0.1, 0.15) is 0 Å². The quantitative estimate of drug-likeness (QED) is 0.852. The molecule has 0 spiro atoms. The van der Waals surface area contributed by atoms with E-state index in [-0.39, 0.29) is 5.91 Å². The van der Waals surface area contributed by atoms with Crippen molar-refractivity contribution in [3.05, 3.63) is 29.3 Å². The van der Waals surface area contributed by atoms with E-state index in [1.807, 2.05) is 4.90 Å². The Labute approximate surface area is 127 Å². The smallest absolute Gasteiger partial charge is 0.226 e. The molecule has 114 valence electrons. The monoisotopic (exact) mass is 286 g/mol. The van der Waals surface area contributed by atoms with E-state index in [0.29, 0.717) is 12.3 Å². The van der Waals surface area contributed by atoms with E-state index in [0.717, 1.165) is 19.4 Å². The summed E-state index contributed by atoms with van der Waals surface area (Å²) in [5.41, 5.74) is 3.96. The van der Waals surface area contributed by atoms with Gasteiger partial charge in [-0.25, -0.2) is 0 Å². The van der Waals surface area contributed by atoms with Crippen LogP contribution in [0.15, 0.2) is 18.2 Å². The van der Waals surface area contributed by atoms with Crippen LogP contribution in [0, 0.1) is 0 Å². The summed E-state index contributed by atoms with van der Waals surface area (Å²) in [5.74, 6) is 0.951. The summed E-state index contributed by atoms with van der Waals surface area (Å²) in [7, 11) is 2.20. The van der Waals surface area contributed by atoms with E-state index in [4.69, 9.17) is 0 Å². The van der Waals surface area contributed by atoms with Crippen LogP contribution in [0.1, 0.15) is 49.7 Å². The molecule has 3 nitrogen and oxygen atoms in total. The summed E-state index contributed by atoms with van der Waals surface area (Å²) in [6.45, 7) is 5.30. The van der Waals surface area contributed by atoms with Crippen molar-refractivity contribution in [1.29, 1.82) is 0 Å². The molecule has 0 unspecified atom stereocenters. The highest BCUT2D eigenvalue weighted by atomic mass is 16.2. The van der Waals surface area contributed by atoms with Gasteiger partial charge in [-0.05, 0) is 68.9 Å². The number of nitrogens with zero attached hydrogens (tertiary/aromatic N) is 2. The Hall–Kier alpha value is -1.35. The molecule has 3 rings (SSSR count). The molecule has 2 aliphatic heterocycles. The molecule has 2 aliphatic rings. The number of anilines is 1. The lowest BCUT2D eigenvalue weighted by Crippen LogP contribution is -2.30. The average Bonchev–Trinajstić information content (AvgIpc) is 2.91. The molecule has 0 atom stereocenters. The molecule has 21 heavy (non-hydrogen) atoms. The van der Waals surface area contributed by atoms with Gasteiger partial charge in [0.05, 0.1) is 0 Å². The van der Waals surface area contributed by atoms with Gasteiger partial charge >= 0.3 is 0 Å². The van der Waals surface area contributed by atoms with E-state index >= 15 is 0 Å². The van der Waals surface area contributed by atoms with Crippen molar-refractivity contribution in [2.24, 2.45) is 0 Å². The summed E-state index contributed by atoms with van der Waals surface area (Å²) >= 11 is 0. The van der Waals surface area contributed by atoms with Crippen LogP contribution in [0.4, 0.5) is 5.69 Å². The second kappa shape index (κ2) is 6.18. The lowest BCUT2D eigenvalue weighted by molar-refractivity contribution is -0.118. The third-order valence-corrected chi connectivity index (χ3v) is 4.96. The van der Waals surface area contributed by atoms with Gasteiger partial charge in [-0.1, -0.05) is 19.1 Å². The zero-order valence-electron chi connectivity index (χ0n) is 13.3. The zero-order chi connectivity index (χ0) is 14.8. The van der Waals surface area contributed by atoms with Crippen LogP contribution < -0.4 is 4.90 Å². The fraction of sp³-hybridized carbons (Fsp3) is 0.611. The van der Waals surface area contributed by atoms with Crippen molar-refractivity contribution < 1.29 is 4.79 Å². The Morgan fingerprint density at radius 2 is 2.00 bits per heavy atom. The number of carbonyl (C=O) groups is 1. The first-order valence-corrected chi connectivity index (χ1v) is 8.30. The number of amides is 1. The van der Waals surface area contributed by atoms with Gasteiger partial charge in [0.2, 0.25) is 5.91 Å². The SMILES string of the molecule is CCCC(=O)N1CCc2ccc(C3CCN(C)CC3)cc21. The summed E-state index contributed by atoms with van der Waals surface area (Å²) in [6, 6.07) is 6.84. The number of carbonyl (C=O) groups excluding carboxylic acids is 1. The fourth-order valence-electron chi connectivity index (χ4n) is 3.60. The van der Waals surface area contributed by atoms with Gasteiger partial charge in [-0.15, -0.1) is 0 Å². The summed E-state index contributed by atoms with van der Waals surface area (Å²) < 4.78 is 0. The first-order chi connectivity index (χ1) is 10.2. The maximum Gasteiger partial charge on any atom is 0.226 e. The lowest BCUT2D eigenvalue weighted by Gasteiger charge is -2.29. The fourth-order valence-corrected chi connectivity index (χ4v) is 3.60. The zero-order valence-corrected chi connectivity index (χ0v) is 13.3. The van der Waals surface area contributed by atoms with Gasteiger partial charge in [0, 0.05) is 18.7 Å². The van der Waals surface area contributed by atoms with Crippen LogP contribution in [0.25, 0.3) is 0 Å². The molecule has 3 heteroatoms. The van der Waals surface area contributed by atoms with Crippen molar-refractivity contribution in [3.63, 3.8) is 0 Å². The summed E-state index contributed by atoms with van der Waals surface area (Å²) in [4.78, 5) is 16.7. The average molecular weight is 286 g/mol. The highest BCUT2D eigenvalue weighted by Crippen LogP contribution is 2.35. The molecular formula is C18H26N2O. The first kappa shape index (κ1) is 14.6. The van der Waals surface area contributed by atoms with Crippen molar-refractivity contribution in [1.82, 2.24) is 4.90 Å². The molecule has 0 aliphatic carbocycles. The number of benzene rings is 1. The predicted octanol–water partition coefficient (Wildman–Crippen LogP) is 3.19. The first-order valence-electron chi connectivity index (χ1n) is 8.30. The minimum Gasteiger partial charge on any atom is -0.312 e. The largest absolute Gasteiger partial charge is 0.312 e. The highest BCUT2D eigenvalue weighted by molar-refractivity contribution is 5.95. The minimum atomic E-state index is 0.289. The van der Waals surface area contributed by atoms with Crippen LogP contribution in [0.3, 0.4) is 0 Å².